The molecule has 4 heteroatoms. The van der Waals surface area contributed by atoms with Crippen molar-refractivity contribution < 1.29 is 9.59 Å². The van der Waals surface area contributed by atoms with Crippen LogP contribution < -0.4 is 10.6 Å². The maximum absolute atomic E-state index is 12.1. The van der Waals surface area contributed by atoms with Crippen LogP contribution in [0, 0.1) is 12.8 Å². The Hall–Kier alpha value is -2.88. The Morgan fingerprint density at radius 2 is 1.85 bits per heavy atom. The lowest BCUT2D eigenvalue weighted by atomic mass is 10.1. The first-order valence-electron chi connectivity index (χ1n) is 8.97. The molecule has 0 aromatic heterocycles. The molecule has 2 aromatic rings. The summed E-state index contributed by atoms with van der Waals surface area (Å²) in [5.74, 6) is 0.151. The first kappa shape index (κ1) is 17.9. The highest BCUT2D eigenvalue weighted by atomic mass is 16.2. The van der Waals surface area contributed by atoms with E-state index in [0.29, 0.717) is 0 Å². The van der Waals surface area contributed by atoms with E-state index in [4.69, 9.17) is 0 Å². The standard InChI is InChI=1S/C22H24N2O2/c1-15-4-3-5-17(14-15)6-13-21(25)23-16(2)18-9-11-20(12-10-18)24-22(26)19-7-8-19/h3-6,9-14,16,19H,7-8H2,1-2H3,(H,23,25)(H,24,26)/b13-6+. The van der Waals surface area contributed by atoms with Crippen molar-refractivity contribution >= 4 is 23.6 Å². The third-order valence-electron chi connectivity index (χ3n) is 4.45. The third-order valence-corrected chi connectivity index (χ3v) is 4.45. The van der Waals surface area contributed by atoms with E-state index in [1.165, 1.54) is 0 Å². The van der Waals surface area contributed by atoms with Crippen LogP contribution in [0.3, 0.4) is 0 Å². The topological polar surface area (TPSA) is 58.2 Å². The zero-order chi connectivity index (χ0) is 18.5. The van der Waals surface area contributed by atoms with Gasteiger partial charge in [-0.1, -0.05) is 42.0 Å². The highest BCUT2D eigenvalue weighted by Gasteiger charge is 2.29. The van der Waals surface area contributed by atoms with Crippen molar-refractivity contribution in [1.82, 2.24) is 5.32 Å². The lowest BCUT2D eigenvalue weighted by Crippen LogP contribution is -2.24. The van der Waals surface area contributed by atoms with Crippen molar-refractivity contribution in [3.8, 4) is 0 Å². The van der Waals surface area contributed by atoms with Gasteiger partial charge in [-0.15, -0.1) is 0 Å². The van der Waals surface area contributed by atoms with E-state index in [0.717, 1.165) is 35.2 Å². The molecule has 0 spiro atoms. The minimum absolute atomic E-state index is 0.0976. The molecule has 1 unspecified atom stereocenters. The van der Waals surface area contributed by atoms with Gasteiger partial charge in [0.15, 0.2) is 0 Å². The molecule has 2 N–H and O–H groups in total. The summed E-state index contributed by atoms with van der Waals surface area (Å²) >= 11 is 0. The minimum Gasteiger partial charge on any atom is -0.346 e. The van der Waals surface area contributed by atoms with Gasteiger partial charge in [0.25, 0.3) is 0 Å². The number of anilines is 1. The fourth-order valence-electron chi connectivity index (χ4n) is 2.74. The molecule has 3 rings (SSSR count). The Bertz CT molecular complexity index is 820. The fraction of sp³-hybridized carbons (Fsp3) is 0.273. The van der Waals surface area contributed by atoms with Crippen molar-refractivity contribution in [3.05, 3.63) is 71.3 Å². The molecule has 2 amide bonds. The molecule has 1 atom stereocenters. The number of nitrogens with one attached hydrogen (secondary N) is 2. The zero-order valence-electron chi connectivity index (χ0n) is 15.2. The predicted molar refractivity (Wildman–Crippen MR) is 105 cm³/mol. The number of benzene rings is 2. The molecule has 0 saturated heterocycles. The highest BCUT2D eigenvalue weighted by Crippen LogP contribution is 2.30. The van der Waals surface area contributed by atoms with E-state index < -0.39 is 0 Å². The number of carbonyl (C=O) groups excluding carboxylic acids is 2. The number of carbonyl (C=O) groups is 2. The van der Waals surface area contributed by atoms with Gasteiger partial charge in [-0.25, -0.2) is 0 Å². The summed E-state index contributed by atoms with van der Waals surface area (Å²) < 4.78 is 0. The van der Waals surface area contributed by atoms with Crippen molar-refractivity contribution in [2.24, 2.45) is 5.92 Å². The van der Waals surface area contributed by atoms with Crippen molar-refractivity contribution in [3.63, 3.8) is 0 Å². The molecular formula is C22H24N2O2. The first-order chi connectivity index (χ1) is 12.5. The van der Waals surface area contributed by atoms with Crippen LogP contribution in [-0.4, -0.2) is 11.8 Å². The normalized spacial score (nSPS) is 14.8. The summed E-state index contributed by atoms with van der Waals surface area (Å²) in [6.07, 6.45) is 5.34. The molecule has 1 saturated carbocycles. The second-order valence-corrected chi connectivity index (χ2v) is 6.86. The molecule has 2 aromatic carbocycles. The molecule has 0 radical (unpaired) electrons. The Morgan fingerprint density at radius 1 is 1.12 bits per heavy atom. The van der Waals surface area contributed by atoms with E-state index in [2.05, 4.69) is 10.6 Å². The average Bonchev–Trinajstić information content (AvgIpc) is 3.46. The molecule has 1 fully saturated rings. The van der Waals surface area contributed by atoms with Crippen LogP contribution in [0.1, 0.15) is 42.5 Å². The van der Waals surface area contributed by atoms with Gasteiger partial charge in [0.1, 0.15) is 0 Å². The highest BCUT2D eigenvalue weighted by molar-refractivity contribution is 5.94. The summed E-state index contributed by atoms with van der Waals surface area (Å²) in [6, 6.07) is 15.5. The monoisotopic (exact) mass is 348 g/mol. The number of aryl methyl sites for hydroxylation is 1. The van der Waals surface area contributed by atoms with Crippen LogP contribution in [-0.2, 0) is 9.59 Å². The van der Waals surface area contributed by atoms with Gasteiger partial charge in [0, 0.05) is 17.7 Å². The maximum atomic E-state index is 12.1. The summed E-state index contributed by atoms with van der Waals surface area (Å²) in [5, 5.41) is 5.87. The summed E-state index contributed by atoms with van der Waals surface area (Å²) in [5.41, 5.74) is 3.95. The second-order valence-electron chi connectivity index (χ2n) is 6.86. The summed E-state index contributed by atoms with van der Waals surface area (Å²) in [6.45, 7) is 3.96. The Kier molecular flexibility index (Phi) is 5.52. The van der Waals surface area contributed by atoms with E-state index >= 15 is 0 Å². The molecule has 4 nitrogen and oxygen atoms in total. The van der Waals surface area contributed by atoms with Crippen molar-refractivity contribution in [2.45, 2.75) is 32.7 Å². The Balaban J connectivity index is 1.54. The van der Waals surface area contributed by atoms with Crippen LogP contribution in [0.2, 0.25) is 0 Å². The van der Waals surface area contributed by atoms with Crippen LogP contribution in [0.25, 0.3) is 6.08 Å². The fourth-order valence-corrected chi connectivity index (χ4v) is 2.74. The SMILES string of the molecule is Cc1cccc(/C=C/C(=O)NC(C)c2ccc(NC(=O)C3CC3)cc2)c1. The predicted octanol–water partition coefficient (Wildman–Crippen LogP) is 4.23. The smallest absolute Gasteiger partial charge is 0.244 e. The molecule has 0 aliphatic heterocycles. The van der Waals surface area contributed by atoms with Gasteiger partial charge in [0.05, 0.1) is 6.04 Å². The maximum Gasteiger partial charge on any atom is 0.244 e. The third kappa shape index (κ3) is 5.06. The number of hydrogen-bond acceptors (Lipinski definition) is 2. The number of amides is 2. The largest absolute Gasteiger partial charge is 0.346 e. The van der Waals surface area contributed by atoms with Gasteiger partial charge in [-0.05, 0) is 56.0 Å². The van der Waals surface area contributed by atoms with Gasteiger partial charge in [-0.3, -0.25) is 9.59 Å². The van der Waals surface area contributed by atoms with Crippen LogP contribution >= 0.6 is 0 Å². The van der Waals surface area contributed by atoms with Crippen molar-refractivity contribution in [1.29, 1.82) is 0 Å². The van der Waals surface area contributed by atoms with Crippen LogP contribution in [0.15, 0.2) is 54.6 Å². The first-order valence-corrected chi connectivity index (χ1v) is 8.97. The molecule has 0 heterocycles. The van der Waals surface area contributed by atoms with E-state index in [1.54, 1.807) is 6.08 Å². The molecule has 134 valence electrons. The van der Waals surface area contributed by atoms with Crippen LogP contribution in [0.4, 0.5) is 5.69 Å². The molecule has 1 aliphatic rings. The van der Waals surface area contributed by atoms with Crippen molar-refractivity contribution in [2.75, 3.05) is 5.32 Å². The Morgan fingerprint density at radius 3 is 2.50 bits per heavy atom. The van der Waals surface area contributed by atoms with Gasteiger partial charge in [-0.2, -0.15) is 0 Å². The number of rotatable bonds is 6. The van der Waals surface area contributed by atoms with Gasteiger partial charge < -0.3 is 10.6 Å². The number of hydrogen-bond donors (Lipinski definition) is 2. The molecule has 1 aliphatic carbocycles. The molecule has 0 bridgehead atoms. The quantitative estimate of drug-likeness (QED) is 0.767. The van der Waals surface area contributed by atoms with E-state index in [-0.39, 0.29) is 23.8 Å². The average molecular weight is 348 g/mol. The van der Waals surface area contributed by atoms with Crippen LogP contribution in [0.5, 0.6) is 0 Å². The zero-order valence-corrected chi connectivity index (χ0v) is 15.2. The Labute approximate surface area is 154 Å². The van der Waals surface area contributed by atoms with Gasteiger partial charge in [0.2, 0.25) is 11.8 Å². The lowest BCUT2D eigenvalue weighted by Gasteiger charge is -2.14. The molecular weight excluding hydrogens is 324 g/mol. The lowest BCUT2D eigenvalue weighted by molar-refractivity contribution is -0.118. The summed E-state index contributed by atoms with van der Waals surface area (Å²) in [4.78, 5) is 23.9. The second kappa shape index (κ2) is 8.00. The van der Waals surface area contributed by atoms with E-state index in [9.17, 15) is 9.59 Å². The molecule has 26 heavy (non-hydrogen) atoms. The van der Waals surface area contributed by atoms with Gasteiger partial charge >= 0.3 is 0 Å². The minimum atomic E-state index is -0.134. The van der Waals surface area contributed by atoms with E-state index in [1.807, 2.05) is 68.5 Å². The summed E-state index contributed by atoms with van der Waals surface area (Å²) in [7, 11) is 0.